The molecule has 1 N–H and O–H groups in total. The molecular weight excluding hydrogens is 369 g/mol. The molecule has 1 heterocycles. The van der Waals surface area contributed by atoms with Gasteiger partial charge in [-0.3, -0.25) is 9.59 Å². The van der Waals surface area contributed by atoms with E-state index in [4.69, 9.17) is 0 Å². The van der Waals surface area contributed by atoms with E-state index in [1.807, 2.05) is 0 Å². The Kier molecular flexibility index (Phi) is 5.72. The Morgan fingerprint density at radius 2 is 1.89 bits per heavy atom. The Bertz CT molecular complexity index is 863. The summed E-state index contributed by atoms with van der Waals surface area (Å²) >= 11 is 0. The zero-order valence-corrected chi connectivity index (χ0v) is 15.4. The molecule has 2 amide bonds. The van der Waals surface area contributed by atoms with Crippen LogP contribution < -0.4 is 5.32 Å². The van der Waals surface area contributed by atoms with Crippen molar-refractivity contribution < 1.29 is 22.8 Å². The third-order valence-electron chi connectivity index (χ3n) is 4.82. The molecule has 4 nitrogen and oxygen atoms in total. The molecule has 0 saturated carbocycles. The molecule has 2 aromatic rings. The number of carbonyl (C=O) groups excluding carboxylic acids is 2. The highest BCUT2D eigenvalue weighted by Crippen LogP contribution is 2.30. The summed E-state index contributed by atoms with van der Waals surface area (Å²) < 4.78 is 38.6. The minimum atomic E-state index is -4.42. The highest BCUT2D eigenvalue weighted by atomic mass is 19.4. The SMILES string of the molecule is CC(NC(=O)c1ccc(CN2CCCC2=O)cc1)c1cccc(C(F)(F)F)c1. The normalized spacial score (nSPS) is 15.6. The predicted octanol–water partition coefficient (Wildman–Crippen LogP) is 4.32. The first kappa shape index (κ1) is 19.9. The second kappa shape index (κ2) is 8.04. The fourth-order valence-electron chi connectivity index (χ4n) is 3.20. The quantitative estimate of drug-likeness (QED) is 0.827. The van der Waals surface area contributed by atoms with E-state index < -0.39 is 17.8 Å². The van der Waals surface area contributed by atoms with Crippen LogP contribution in [0.4, 0.5) is 13.2 Å². The summed E-state index contributed by atoms with van der Waals surface area (Å²) in [5.41, 5.74) is 0.979. The molecule has 3 rings (SSSR count). The van der Waals surface area contributed by atoms with Crippen LogP contribution in [0.5, 0.6) is 0 Å². The summed E-state index contributed by atoms with van der Waals surface area (Å²) in [5, 5.41) is 2.72. The zero-order chi connectivity index (χ0) is 20.3. The number of nitrogens with one attached hydrogen (secondary N) is 1. The molecule has 0 aliphatic carbocycles. The Morgan fingerprint density at radius 1 is 1.18 bits per heavy atom. The molecule has 1 atom stereocenters. The van der Waals surface area contributed by atoms with E-state index >= 15 is 0 Å². The maximum absolute atomic E-state index is 12.9. The Balaban J connectivity index is 1.63. The van der Waals surface area contributed by atoms with Crippen LogP contribution in [0.25, 0.3) is 0 Å². The third-order valence-corrected chi connectivity index (χ3v) is 4.82. The Morgan fingerprint density at radius 3 is 2.50 bits per heavy atom. The van der Waals surface area contributed by atoms with E-state index in [1.54, 1.807) is 42.2 Å². The molecule has 1 unspecified atom stereocenters. The fraction of sp³-hybridized carbons (Fsp3) is 0.333. The number of benzene rings is 2. The van der Waals surface area contributed by atoms with E-state index in [-0.39, 0.29) is 11.8 Å². The van der Waals surface area contributed by atoms with Gasteiger partial charge in [-0.25, -0.2) is 0 Å². The van der Waals surface area contributed by atoms with Gasteiger partial charge in [-0.2, -0.15) is 13.2 Å². The summed E-state index contributed by atoms with van der Waals surface area (Å²) in [6.07, 6.45) is -2.98. The van der Waals surface area contributed by atoms with Gasteiger partial charge in [0.05, 0.1) is 11.6 Å². The number of rotatable bonds is 5. The van der Waals surface area contributed by atoms with Gasteiger partial charge in [-0.15, -0.1) is 0 Å². The van der Waals surface area contributed by atoms with Crippen molar-refractivity contribution in [3.05, 3.63) is 70.8 Å². The standard InChI is InChI=1S/C21H21F3N2O2/c1-14(17-4-2-5-18(12-17)21(22,23)24)25-20(28)16-9-7-15(8-10-16)13-26-11-3-6-19(26)27/h2,4-5,7-10,12,14H,3,6,11,13H2,1H3,(H,25,28). The van der Waals surface area contributed by atoms with Crippen LogP contribution in [-0.4, -0.2) is 23.3 Å². The smallest absolute Gasteiger partial charge is 0.346 e. The van der Waals surface area contributed by atoms with Crippen LogP contribution in [0.3, 0.4) is 0 Å². The maximum atomic E-state index is 12.9. The van der Waals surface area contributed by atoms with Gasteiger partial charge >= 0.3 is 6.18 Å². The second-order valence-electron chi connectivity index (χ2n) is 6.93. The minimum Gasteiger partial charge on any atom is -0.346 e. The van der Waals surface area contributed by atoms with Crippen LogP contribution >= 0.6 is 0 Å². The Hall–Kier alpha value is -2.83. The van der Waals surface area contributed by atoms with Crippen molar-refractivity contribution in [2.45, 2.75) is 38.5 Å². The number of nitrogens with zero attached hydrogens (tertiary/aromatic N) is 1. The molecule has 1 fully saturated rings. The predicted molar refractivity (Wildman–Crippen MR) is 98.4 cm³/mol. The number of hydrogen-bond acceptors (Lipinski definition) is 2. The highest BCUT2D eigenvalue weighted by molar-refractivity contribution is 5.94. The number of halogens is 3. The van der Waals surface area contributed by atoms with Gasteiger partial charge < -0.3 is 10.2 Å². The maximum Gasteiger partial charge on any atom is 0.416 e. The van der Waals surface area contributed by atoms with Crippen molar-refractivity contribution in [2.75, 3.05) is 6.54 Å². The molecule has 2 aromatic carbocycles. The van der Waals surface area contributed by atoms with Crippen molar-refractivity contribution in [3.63, 3.8) is 0 Å². The van der Waals surface area contributed by atoms with Gasteiger partial charge in [0.15, 0.2) is 0 Å². The first-order chi connectivity index (χ1) is 13.2. The summed E-state index contributed by atoms with van der Waals surface area (Å²) in [7, 11) is 0. The summed E-state index contributed by atoms with van der Waals surface area (Å²) in [6.45, 7) is 2.90. The number of likely N-dealkylation sites (tertiary alicyclic amines) is 1. The summed E-state index contributed by atoms with van der Waals surface area (Å²) in [5.74, 6) is -0.231. The second-order valence-corrected chi connectivity index (χ2v) is 6.93. The lowest BCUT2D eigenvalue weighted by molar-refractivity contribution is -0.137. The molecule has 1 saturated heterocycles. The molecule has 0 bridgehead atoms. The average Bonchev–Trinajstić information content (AvgIpc) is 3.06. The van der Waals surface area contributed by atoms with E-state index in [2.05, 4.69) is 5.32 Å². The van der Waals surface area contributed by atoms with E-state index in [9.17, 15) is 22.8 Å². The van der Waals surface area contributed by atoms with E-state index in [0.717, 1.165) is 30.7 Å². The van der Waals surface area contributed by atoms with Gasteiger partial charge in [0.25, 0.3) is 5.91 Å². The molecule has 28 heavy (non-hydrogen) atoms. The van der Waals surface area contributed by atoms with Crippen LogP contribution in [0, 0.1) is 0 Å². The number of alkyl halides is 3. The molecular formula is C21H21F3N2O2. The lowest BCUT2D eigenvalue weighted by atomic mass is 10.0. The van der Waals surface area contributed by atoms with Crippen molar-refractivity contribution in [1.29, 1.82) is 0 Å². The average molecular weight is 390 g/mol. The lowest BCUT2D eigenvalue weighted by Crippen LogP contribution is -2.27. The molecule has 148 valence electrons. The first-order valence-corrected chi connectivity index (χ1v) is 9.09. The van der Waals surface area contributed by atoms with Gasteiger partial charge in [-0.05, 0) is 48.7 Å². The van der Waals surface area contributed by atoms with E-state index in [0.29, 0.717) is 24.1 Å². The Labute approximate surface area is 161 Å². The topological polar surface area (TPSA) is 49.4 Å². The minimum absolute atomic E-state index is 0.136. The van der Waals surface area contributed by atoms with Crippen LogP contribution in [0.2, 0.25) is 0 Å². The third kappa shape index (κ3) is 4.71. The lowest BCUT2D eigenvalue weighted by Gasteiger charge is -2.17. The van der Waals surface area contributed by atoms with Crippen LogP contribution in [0.15, 0.2) is 48.5 Å². The van der Waals surface area contributed by atoms with Crippen molar-refractivity contribution in [3.8, 4) is 0 Å². The number of carbonyl (C=O) groups is 2. The van der Waals surface area contributed by atoms with Gasteiger partial charge in [0.1, 0.15) is 0 Å². The van der Waals surface area contributed by atoms with Crippen molar-refractivity contribution in [2.24, 2.45) is 0 Å². The molecule has 0 spiro atoms. The summed E-state index contributed by atoms with van der Waals surface area (Å²) in [6, 6.07) is 11.2. The van der Waals surface area contributed by atoms with Crippen molar-refractivity contribution >= 4 is 11.8 Å². The first-order valence-electron chi connectivity index (χ1n) is 9.09. The molecule has 7 heteroatoms. The largest absolute Gasteiger partial charge is 0.416 e. The monoisotopic (exact) mass is 390 g/mol. The van der Waals surface area contributed by atoms with Gasteiger partial charge in [0.2, 0.25) is 5.91 Å². The molecule has 1 aliphatic rings. The van der Waals surface area contributed by atoms with Gasteiger partial charge in [0, 0.05) is 25.1 Å². The molecule has 1 aliphatic heterocycles. The molecule has 0 aromatic heterocycles. The van der Waals surface area contributed by atoms with Crippen LogP contribution in [0.1, 0.15) is 52.9 Å². The zero-order valence-electron chi connectivity index (χ0n) is 15.4. The number of amides is 2. The fourth-order valence-corrected chi connectivity index (χ4v) is 3.20. The number of hydrogen-bond donors (Lipinski definition) is 1. The van der Waals surface area contributed by atoms with Crippen molar-refractivity contribution in [1.82, 2.24) is 10.2 Å². The summed E-state index contributed by atoms with van der Waals surface area (Å²) in [4.78, 5) is 25.9. The van der Waals surface area contributed by atoms with E-state index in [1.165, 1.54) is 6.07 Å². The van der Waals surface area contributed by atoms with Gasteiger partial charge in [-0.1, -0.05) is 24.3 Å². The van der Waals surface area contributed by atoms with Crippen LogP contribution in [-0.2, 0) is 17.5 Å². The molecule has 0 radical (unpaired) electrons. The highest BCUT2D eigenvalue weighted by Gasteiger charge is 2.30.